The molecule has 1 aromatic carbocycles. The molecule has 0 aliphatic carbocycles. The van der Waals surface area contributed by atoms with Gasteiger partial charge in [0.15, 0.2) is 6.04 Å². The second-order valence-corrected chi connectivity index (χ2v) is 5.36. The van der Waals surface area contributed by atoms with E-state index in [1.165, 1.54) is 0 Å². The lowest BCUT2D eigenvalue weighted by Gasteiger charge is -2.19. The second-order valence-electron chi connectivity index (χ2n) is 4.95. The molecule has 1 unspecified atom stereocenters. The molecule has 0 saturated carbocycles. The maximum Gasteiger partial charge on any atom is 0.331 e. The van der Waals surface area contributed by atoms with E-state index in [-0.39, 0.29) is 6.04 Å². The molecular formula is C15H21ClN2O3. The predicted molar refractivity (Wildman–Crippen MR) is 82.5 cm³/mol. The molecule has 1 aromatic rings. The van der Waals surface area contributed by atoms with Crippen LogP contribution in [-0.2, 0) is 4.79 Å². The van der Waals surface area contributed by atoms with Crippen LogP contribution in [0.15, 0.2) is 24.3 Å². The number of halogens is 1. The van der Waals surface area contributed by atoms with Crippen LogP contribution in [0.1, 0.15) is 44.7 Å². The summed E-state index contributed by atoms with van der Waals surface area (Å²) in [6, 6.07) is 4.88. The highest BCUT2D eigenvalue weighted by Crippen LogP contribution is 2.22. The Labute approximate surface area is 129 Å². The maximum atomic E-state index is 11.9. The number of benzene rings is 1. The fourth-order valence-electron chi connectivity index (χ4n) is 1.96. The van der Waals surface area contributed by atoms with E-state index < -0.39 is 18.0 Å². The van der Waals surface area contributed by atoms with Gasteiger partial charge in [-0.2, -0.15) is 0 Å². The zero-order valence-electron chi connectivity index (χ0n) is 12.2. The first kappa shape index (κ1) is 17.3. The van der Waals surface area contributed by atoms with E-state index >= 15 is 0 Å². The molecule has 0 fully saturated rings. The fourth-order valence-corrected chi connectivity index (χ4v) is 2.21. The second kappa shape index (κ2) is 8.52. The molecule has 3 N–H and O–H groups in total. The van der Waals surface area contributed by atoms with Crippen LogP contribution in [0.4, 0.5) is 4.79 Å². The zero-order valence-corrected chi connectivity index (χ0v) is 13.0. The number of carboxylic acids is 1. The number of carbonyl (C=O) groups excluding carboxylic acids is 1. The summed E-state index contributed by atoms with van der Waals surface area (Å²) in [5, 5.41) is 14.8. The average Bonchev–Trinajstić information content (AvgIpc) is 2.43. The molecule has 2 atom stereocenters. The van der Waals surface area contributed by atoms with E-state index in [1.54, 1.807) is 24.3 Å². The molecule has 0 spiro atoms. The van der Waals surface area contributed by atoms with E-state index in [9.17, 15) is 14.7 Å². The summed E-state index contributed by atoms with van der Waals surface area (Å²) in [6.07, 6.45) is 2.91. The number of hydrogen-bond acceptors (Lipinski definition) is 2. The van der Waals surface area contributed by atoms with Gasteiger partial charge in [0.25, 0.3) is 0 Å². The third-order valence-electron chi connectivity index (χ3n) is 3.11. The minimum atomic E-state index is -1.17. The Balaban J connectivity index is 2.70. The van der Waals surface area contributed by atoms with Crippen molar-refractivity contribution in [3.63, 3.8) is 0 Å². The SMILES string of the molecule is CCCCC(C)NC(=O)N[C@@H](C(=O)O)c1ccccc1Cl. The van der Waals surface area contributed by atoms with Gasteiger partial charge in [-0.15, -0.1) is 0 Å². The highest BCUT2D eigenvalue weighted by molar-refractivity contribution is 6.31. The number of rotatable bonds is 7. The maximum absolute atomic E-state index is 11.9. The van der Waals surface area contributed by atoms with E-state index in [0.29, 0.717) is 10.6 Å². The molecule has 0 saturated heterocycles. The summed E-state index contributed by atoms with van der Waals surface area (Å²) in [4.78, 5) is 23.2. The van der Waals surface area contributed by atoms with Crippen LogP contribution in [0.25, 0.3) is 0 Å². The third kappa shape index (κ3) is 5.63. The zero-order chi connectivity index (χ0) is 15.8. The molecular weight excluding hydrogens is 292 g/mol. The van der Waals surface area contributed by atoms with Crippen LogP contribution >= 0.6 is 11.6 Å². The van der Waals surface area contributed by atoms with Gasteiger partial charge >= 0.3 is 12.0 Å². The van der Waals surface area contributed by atoms with Gasteiger partial charge in [0.1, 0.15) is 0 Å². The van der Waals surface area contributed by atoms with Crippen molar-refractivity contribution in [1.29, 1.82) is 0 Å². The summed E-state index contributed by atoms with van der Waals surface area (Å²) < 4.78 is 0. The van der Waals surface area contributed by atoms with Crippen LogP contribution in [0.5, 0.6) is 0 Å². The van der Waals surface area contributed by atoms with Crippen molar-refractivity contribution < 1.29 is 14.7 Å². The fraction of sp³-hybridized carbons (Fsp3) is 0.467. The van der Waals surface area contributed by atoms with Crippen molar-refractivity contribution in [1.82, 2.24) is 10.6 Å². The normalized spacial score (nSPS) is 13.3. The van der Waals surface area contributed by atoms with Gasteiger partial charge in [0.2, 0.25) is 0 Å². The van der Waals surface area contributed by atoms with E-state index in [0.717, 1.165) is 19.3 Å². The van der Waals surface area contributed by atoms with Crippen LogP contribution in [0.2, 0.25) is 5.02 Å². The molecule has 116 valence electrons. The quantitative estimate of drug-likeness (QED) is 0.722. The van der Waals surface area contributed by atoms with E-state index in [2.05, 4.69) is 17.6 Å². The summed E-state index contributed by atoms with van der Waals surface area (Å²) in [6.45, 7) is 3.96. The van der Waals surface area contributed by atoms with Crippen molar-refractivity contribution in [2.24, 2.45) is 0 Å². The summed E-state index contributed by atoms with van der Waals surface area (Å²) in [5.74, 6) is -1.15. The standard InChI is InChI=1S/C15H21ClN2O3/c1-3-4-7-10(2)17-15(21)18-13(14(19)20)11-8-5-6-9-12(11)16/h5-6,8-10,13H,3-4,7H2,1-2H3,(H,19,20)(H2,17,18,21)/t10?,13-/m1/s1. The highest BCUT2D eigenvalue weighted by Gasteiger charge is 2.24. The Kier molecular flexibility index (Phi) is 7.02. The van der Waals surface area contributed by atoms with Gasteiger partial charge in [-0.25, -0.2) is 9.59 Å². The third-order valence-corrected chi connectivity index (χ3v) is 3.45. The molecule has 1 rings (SSSR count). The number of nitrogens with one attached hydrogen (secondary N) is 2. The Hall–Kier alpha value is -1.75. The highest BCUT2D eigenvalue weighted by atomic mass is 35.5. The van der Waals surface area contributed by atoms with Gasteiger partial charge in [0.05, 0.1) is 0 Å². The average molecular weight is 313 g/mol. The minimum Gasteiger partial charge on any atom is -0.479 e. The smallest absolute Gasteiger partial charge is 0.331 e. The minimum absolute atomic E-state index is 0.00867. The number of urea groups is 1. The number of carbonyl (C=O) groups is 2. The largest absolute Gasteiger partial charge is 0.479 e. The summed E-state index contributed by atoms with van der Waals surface area (Å²) >= 11 is 5.99. The number of aliphatic carboxylic acids is 1. The lowest BCUT2D eigenvalue weighted by molar-refractivity contribution is -0.139. The Morgan fingerprint density at radius 1 is 1.29 bits per heavy atom. The molecule has 0 bridgehead atoms. The summed E-state index contributed by atoms with van der Waals surface area (Å²) in [7, 11) is 0. The Morgan fingerprint density at radius 3 is 2.52 bits per heavy atom. The van der Waals surface area contributed by atoms with Crippen molar-refractivity contribution in [2.75, 3.05) is 0 Å². The van der Waals surface area contributed by atoms with Crippen molar-refractivity contribution >= 4 is 23.6 Å². The molecule has 0 aliphatic rings. The summed E-state index contributed by atoms with van der Waals surface area (Å²) in [5.41, 5.74) is 0.364. The molecule has 0 heterocycles. The molecule has 2 amide bonds. The Bertz CT molecular complexity index is 494. The number of hydrogen-bond donors (Lipinski definition) is 3. The van der Waals surface area contributed by atoms with Gasteiger partial charge in [-0.3, -0.25) is 0 Å². The molecule has 21 heavy (non-hydrogen) atoms. The predicted octanol–water partition coefficient (Wildman–Crippen LogP) is 3.34. The molecule has 0 radical (unpaired) electrons. The van der Waals surface area contributed by atoms with E-state index in [1.807, 2.05) is 6.92 Å². The van der Waals surface area contributed by atoms with Crippen molar-refractivity contribution in [3.05, 3.63) is 34.9 Å². The van der Waals surface area contributed by atoms with Crippen LogP contribution in [0, 0.1) is 0 Å². The van der Waals surface area contributed by atoms with Gasteiger partial charge in [0, 0.05) is 16.6 Å². The molecule has 6 heteroatoms. The van der Waals surface area contributed by atoms with Gasteiger partial charge in [-0.1, -0.05) is 49.6 Å². The molecule has 0 aromatic heterocycles. The lowest BCUT2D eigenvalue weighted by Crippen LogP contribution is -2.44. The molecule has 5 nitrogen and oxygen atoms in total. The topological polar surface area (TPSA) is 78.4 Å². The number of unbranched alkanes of at least 4 members (excludes halogenated alkanes) is 1. The van der Waals surface area contributed by atoms with Crippen LogP contribution in [-0.4, -0.2) is 23.1 Å². The first-order chi connectivity index (χ1) is 9.95. The van der Waals surface area contributed by atoms with Crippen molar-refractivity contribution in [3.8, 4) is 0 Å². The van der Waals surface area contributed by atoms with Crippen LogP contribution < -0.4 is 10.6 Å². The Morgan fingerprint density at radius 2 is 1.95 bits per heavy atom. The first-order valence-corrected chi connectivity index (χ1v) is 7.37. The number of carboxylic acid groups (broad SMARTS) is 1. The van der Waals surface area contributed by atoms with Gasteiger partial charge in [-0.05, 0) is 19.4 Å². The molecule has 0 aliphatic heterocycles. The van der Waals surface area contributed by atoms with Gasteiger partial charge < -0.3 is 15.7 Å². The monoisotopic (exact) mass is 312 g/mol. The van der Waals surface area contributed by atoms with Crippen LogP contribution in [0.3, 0.4) is 0 Å². The number of amides is 2. The van der Waals surface area contributed by atoms with Crippen molar-refractivity contribution in [2.45, 2.75) is 45.2 Å². The lowest BCUT2D eigenvalue weighted by atomic mass is 10.1. The van der Waals surface area contributed by atoms with E-state index in [4.69, 9.17) is 11.6 Å². The first-order valence-electron chi connectivity index (χ1n) is 7.00.